The van der Waals surface area contributed by atoms with Crippen LogP contribution in [0.3, 0.4) is 0 Å². The molecule has 0 heterocycles. The summed E-state index contributed by atoms with van der Waals surface area (Å²) < 4.78 is 0. The average Bonchev–Trinajstić information content (AvgIpc) is 2.28. The Morgan fingerprint density at radius 2 is 1.56 bits per heavy atom. The van der Waals surface area contributed by atoms with Gasteiger partial charge in [0.1, 0.15) is 0 Å². The van der Waals surface area contributed by atoms with Crippen molar-refractivity contribution in [3.8, 4) is 11.1 Å². The maximum absolute atomic E-state index is 11.6. The summed E-state index contributed by atoms with van der Waals surface area (Å²) in [4.78, 5) is 11.6. The second-order valence-electron chi connectivity index (χ2n) is 3.85. The van der Waals surface area contributed by atoms with Gasteiger partial charge in [-0.3, -0.25) is 4.79 Å². The van der Waals surface area contributed by atoms with Crippen molar-refractivity contribution in [2.24, 2.45) is 0 Å². The highest BCUT2D eigenvalue weighted by Gasteiger charge is 2.15. The van der Waals surface area contributed by atoms with Crippen molar-refractivity contribution in [2.45, 2.75) is 6.92 Å². The van der Waals surface area contributed by atoms with E-state index in [1.165, 1.54) is 6.92 Å². The van der Waals surface area contributed by atoms with E-state index in [0.29, 0.717) is 26.2 Å². The van der Waals surface area contributed by atoms with Crippen molar-refractivity contribution in [1.29, 1.82) is 0 Å². The zero-order chi connectivity index (χ0) is 13.3. The van der Waals surface area contributed by atoms with E-state index >= 15 is 0 Å². The van der Waals surface area contributed by atoms with Crippen LogP contribution in [0, 0.1) is 0 Å². The molecule has 0 fully saturated rings. The molecule has 92 valence electrons. The molecule has 0 saturated heterocycles. The lowest BCUT2D eigenvalue weighted by atomic mass is 9.97. The number of carbonyl (C=O) groups is 1. The first-order valence-corrected chi connectivity index (χ1v) is 6.39. The predicted octanol–water partition coefficient (Wildman–Crippen LogP) is 5.52. The van der Waals surface area contributed by atoms with Gasteiger partial charge >= 0.3 is 0 Å². The molecule has 0 aliphatic heterocycles. The predicted molar refractivity (Wildman–Crippen MR) is 76.9 cm³/mol. The number of rotatable bonds is 2. The Bertz CT molecular complexity index is 597. The highest BCUT2D eigenvalue weighted by molar-refractivity contribution is 6.42. The number of carbonyl (C=O) groups excluding carboxylic acids is 1. The van der Waals surface area contributed by atoms with E-state index in [1.807, 2.05) is 12.1 Å². The fourth-order valence-corrected chi connectivity index (χ4v) is 2.83. The average molecular weight is 300 g/mol. The Morgan fingerprint density at radius 1 is 1.00 bits per heavy atom. The van der Waals surface area contributed by atoms with Gasteiger partial charge in [0, 0.05) is 16.1 Å². The summed E-state index contributed by atoms with van der Waals surface area (Å²) in [7, 11) is 0. The summed E-state index contributed by atoms with van der Waals surface area (Å²) in [6.45, 7) is 1.51. The van der Waals surface area contributed by atoms with Crippen LogP contribution in [0.2, 0.25) is 15.1 Å². The molecule has 2 rings (SSSR count). The molecule has 0 aliphatic carbocycles. The molecule has 2 aromatic carbocycles. The number of halogens is 3. The van der Waals surface area contributed by atoms with Gasteiger partial charge in [-0.2, -0.15) is 0 Å². The van der Waals surface area contributed by atoms with Crippen LogP contribution in [0.1, 0.15) is 17.3 Å². The van der Waals surface area contributed by atoms with Gasteiger partial charge < -0.3 is 0 Å². The van der Waals surface area contributed by atoms with Crippen molar-refractivity contribution in [3.63, 3.8) is 0 Å². The Balaban J connectivity index is 2.74. The van der Waals surface area contributed by atoms with Crippen LogP contribution >= 0.6 is 34.8 Å². The molecule has 2 aromatic rings. The summed E-state index contributed by atoms with van der Waals surface area (Å²) in [5.41, 5.74) is 1.94. The van der Waals surface area contributed by atoms with Crippen molar-refractivity contribution >= 4 is 40.6 Å². The van der Waals surface area contributed by atoms with E-state index in [1.54, 1.807) is 24.3 Å². The molecule has 4 heteroatoms. The van der Waals surface area contributed by atoms with Gasteiger partial charge in [-0.15, -0.1) is 0 Å². The van der Waals surface area contributed by atoms with Crippen LogP contribution < -0.4 is 0 Å². The van der Waals surface area contributed by atoms with E-state index in [2.05, 4.69) is 0 Å². The van der Waals surface area contributed by atoms with Crippen LogP contribution in [0.25, 0.3) is 11.1 Å². The number of Topliss-reactive ketones (excluding diaryl/α,β-unsaturated/α-hetero) is 1. The minimum atomic E-state index is -0.0346. The highest BCUT2D eigenvalue weighted by atomic mass is 35.5. The van der Waals surface area contributed by atoms with Gasteiger partial charge in [-0.25, -0.2) is 0 Å². The first kappa shape index (κ1) is 13.4. The third-order valence-corrected chi connectivity index (χ3v) is 3.40. The van der Waals surface area contributed by atoms with Crippen LogP contribution in [0.15, 0.2) is 36.4 Å². The quantitative estimate of drug-likeness (QED) is 0.668. The second-order valence-corrected chi connectivity index (χ2v) is 5.10. The van der Waals surface area contributed by atoms with Crippen molar-refractivity contribution in [3.05, 3.63) is 57.0 Å². The lowest BCUT2D eigenvalue weighted by Crippen LogP contribution is -1.96. The van der Waals surface area contributed by atoms with Crippen molar-refractivity contribution in [1.82, 2.24) is 0 Å². The van der Waals surface area contributed by atoms with Gasteiger partial charge in [-0.05, 0) is 24.6 Å². The van der Waals surface area contributed by atoms with E-state index in [4.69, 9.17) is 34.8 Å². The van der Waals surface area contributed by atoms with Gasteiger partial charge in [0.25, 0.3) is 0 Å². The Kier molecular flexibility index (Phi) is 3.96. The Hall–Kier alpha value is -1.02. The maximum Gasteiger partial charge on any atom is 0.160 e. The van der Waals surface area contributed by atoms with E-state index in [-0.39, 0.29) is 5.78 Å². The van der Waals surface area contributed by atoms with Gasteiger partial charge in [0.05, 0.1) is 10.0 Å². The molecule has 1 nitrogen and oxygen atoms in total. The summed E-state index contributed by atoms with van der Waals surface area (Å²) in [6.07, 6.45) is 0. The third-order valence-electron chi connectivity index (χ3n) is 2.58. The molecule has 0 atom stereocenters. The van der Waals surface area contributed by atoms with Crippen LogP contribution in [0.4, 0.5) is 0 Å². The van der Waals surface area contributed by atoms with Gasteiger partial charge in [0.2, 0.25) is 0 Å². The standard InChI is InChI=1S/C14H9Cl3O/c1-8(18)10-4-2-3-5-11(10)14-12(16)6-9(15)7-13(14)17/h2-7H,1H3. The first-order chi connectivity index (χ1) is 8.50. The summed E-state index contributed by atoms with van der Waals surface area (Å²) in [6, 6.07) is 10.4. The molecule has 0 saturated carbocycles. The molecule has 0 unspecified atom stereocenters. The van der Waals surface area contributed by atoms with E-state index in [9.17, 15) is 4.79 Å². The number of hydrogen-bond donors (Lipinski definition) is 0. The number of hydrogen-bond acceptors (Lipinski definition) is 1. The van der Waals surface area contributed by atoms with Crippen LogP contribution in [-0.4, -0.2) is 5.78 Å². The second kappa shape index (κ2) is 5.31. The number of benzene rings is 2. The Labute approximate surface area is 120 Å². The first-order valence-electron chi connectivity index (χ1n) is 5.25. The highest BCUT2D eigenvalue weighted by Crippen LogP contribution is 2.38. The normalized spacial score (nSPS) is 10.4. The molecule has 0 amide bonds. The van der Waals surface area contributed by atoms with Crippen molar-refractivity contribution < 1.29 is 4.79 Å². The fourth-order valence-electron chi connectivity index (χ4n) is 1.81. The molecule has 0 radical (unpaired) electrons. The smallest absolute Gasteiger partial charge is 0.160 e. The van der Waals surface area contributed by atoms with Crippen LogP contribution in [-0.2, 0) is 0 Å². The minimum absolute atomic E-state index is 0.0346. The maximum atomic E-state index is 11.6. The van der Waals surface area contributed by atoms with E-state index < -0.39 is 0 Å². The summed E-state index contributed by atoms with van der Waals surface area (Å²) in [5.74, 6) is -0.0346. The van der Waals surface area contributed by atoms with Gasteiger partial charge in [0.15, 0.2) is 5.78 Å². The number of ketones is 1. The molecular weight excluding hydrogens is 291 g/mol. The summed E-state index contributed by atoms with van der Waals surface area (Å²) >= 11 is 18.2. The monoisotopic (exact) mass is 298 g/mol. The van der Waals surface area contributed by atoms with Crippen LogP contribution in [0.5, 0.6) is 0 Å². The van der Waals surface area contributed by atoms with E-state index in [0.717, 1.165) is 5.56 Å². The van der Waals surface area contributed by atoms with Gasteiger partial charge in [-0.1, -0.05) is 59.1 Å². The molecule has 0 bridgehead atoms. The largest absolute Gasteiger partial charge is 0.294 e. The summed E-state index contributed by atoms with van der Waals surface area (Å²) in [5, 5.41) is 1.33. The fraction of sp³-hybridized carbons (Fsp3) is 0.0714. The molecule has 18 heavy (non-hydrogen) atoms. The Morgan fingerprint density at radius 3 is 2.11 bits per heavy atom. The molecular formula is C14H9Cl3O. The zero-order valence-electron chi connectivity index (χ0n) is 9.51. The lowest BCUT2D eigenvalue weighted by Gasteiger charge is -2.11. The lowest BCUT2D eigenvalue weighted by molar-refractivity contribution is 0.101. The third kappa shape index (κ3) is 2.54. The SMILES string of the molecule is CC(=O)c1ccccc1-c1c(Cl)cc(Cl)cc1Cl. The molecule has 0 aromatic heterocycles. The zero-order valence-corrected chi connectivity index (χ0v) is 11.8. The topological polar surface area (TPSA) is 17.1 Å². The molecule has 0 aliphatic rings. The minimum Gasteiger partial charge on any atom is -0.294 e. The molecule has 0 spiro atoms. The van der Waals surface area contributed by atoms with Crippen molar-refractivity contribution in [2.75, 3.05) is 0 Å². The molecule has 0 N–H and O–H groups in total.